The maximum absolute atomic E-state index is 13.5. The van der Waals surface area contributed by atoms with Gasteiger partial charge in [-0.1, -0.05) is 19.9 Å². The molecule has 5 aliphatic carbocycles. The Kier molecular flexibility index (Phi) is 5.18. The van der Waals surface area contributed by atoms with Crippen LogP contribution in [0.3, 0.4) is 0 Å². The monoisotopic (exact) mass is 448 g/mol. The summed E-state index contributed by atoms with van der Waals surface area (Å²) in [6.45, 7) is 6.85. The predicted octanol–water partition coefficient (Wildman–Crippen LogP) is 3.26. The smallest absolute Gasteiger partial charge is 0.309 e. The van der Waals surface area contributed by atoms with Gasteiger partial charge in [-0.05, 0) is 53.9 Å². The molecule has 0 aromatic rings. The number of ketones is 1. The molecular weight excluding hydrogens is 412 g/mol. The summed E-state index contributed by atoms with van der Waals surface area (Å²) < 4.78 is 28.7. The Morgan fingerprint density at radius 2 is 1.81 bits per heavy atom. The number of carbonyl (C=O) groups excluding carboxylic acids is 2. The normalized spacial score (nSPS) is 48.6. The zero-order chi connectivity index (χ0) is 22.9. The fraction of sp³-hybridized carbons (Fsp3) is 0.840. The first kappa shape index (κ1) is 22.5. The molecule has 178 valence electrons. The minimum Gasteiger partial charge on any atom is -0.469 e. The van der Waals surface area contributed by atoms with Crippen LogP contribution < -0.4 is 0 Å². The molecule has 0 heterocycles. The van der Waals surface area contributed by atoms with Crippen LogP contribution in [0.5, 0.6) is 0 Å². The fourth-order valence-corrected chi connectivity index (χ4v) is 9.31. The van der Waals surface area contributed by atoms with Gasteiger partial charge in [-0.15, -0.1) is 0 Å². The van der Waals surface area contributed by atoms with E-state index in [0.29, 0.717) is 31.5 Å². The third kappa shape index (κ3) is 2.57. The van der Waals surface area contributed by atoms with Crippen LogP contribution in [0.1, 0.15) is 51.9 Å². The molecule has 0 N–H and O–H groups in total. The summed E-state index contributed by atoms with van der Waals surface area (Å²) in [5.41, 5.74) is -0.745. The van der Waals surface area contributed by atoms with Gasteiger partial charge in [0.25, 0.3) is 0 Å². The third-order valence-corrected chi connectivity index (χ3v) is 9.97. The molecule has 0 aromatic carbocycles. The van der Waals surface area contributed by atoms with Gasteiger partial charge in [0.1, 0.15) is 19.4 Å². The maximum atomic E-state index is 13.5. The summed E-state index contributed by atoms with van der Waals surface area (Å²) in [6, 6.07) is 0. The van der Waals surface area contributed by atoms with Crippen molar-refractivity contribution in [3.63, 3.8) is 0 Å². The molecule has 7 nitrogen and oxygen atoms in total. The van der Waals surface area contributed by atoms with Crippen LogP contribution >= 0.6 is 0 Å². The topological polar surface area (TPSA) is 80.3 Å². The second-order valence-corrected chi connectivity index (χ2v) is 11.1. The van der Waals surface area contributed by atoms with Crippen LogP contribution in [-0.2, 0) is 33.3 Å². The first-order valence-corrected chi connectivity index (χ1v) is 11.8. The second kappa shape index (κ2) is 7.36. The molecule has 1 spiro atoms. The van der Waals surface area contributed by atoms with Crippen molar-refractivity contribution in [3.05, 3.63) is 12.2 Å². The van der Waals surface area contributed by atoms with E-state index in [4.69, 9.17) is 23.7 Å². The van der Waals surface area contributed by atoms with Crippen LogP contribution in [0, 0.1) is 34.0 Å². The molecule has 0 saturated heterocycles. The summed E-state index contributed by atoms with van der Waals surface area (Å²) in [4.78, 5) is 27.0. The Morgan fingerprint density at radius 1 is 1.06 bits per heavy atom. The largest absolute Gasteiger partial charge is 0.469 e. The summed E-state index contributed by atoms with van der Waals surface area (Å²) in [5.74, 6) is -0.241. The van der Waals surface area contributed by atoms with Gasteiger partial charge in [0.05, 0.1) is 24.7 Å². The SMILES string of the molecule is C=C1C[C@]23C[C@]1(OCOC)C[C@H](OCOC)[C@H]2[C@@]12CCC[C@@](C)(C(=O)C1)[C@H]2[C@@H]3C(=O)OC. The standard InChI is InChI=1S/C25H36O7/c1-15-9-24-12-25(15,32-14-29-4)10-16(31-13-28-3)19(24)23-8-6-7-22(2,17(26)11-23)20(23)18(24)21(27)30-5/h16,18-20H,1,6-14H2,2-5H3/t16-,18+,19-,20+,22-,23+,24+,25+/m0/s1. The fourth-order valence-electron chi connectivity index (χ4n) is 9.31. The number of Topliss-reactive ketones (excluding diaryl/α,β-unsaturated/α-hetero) is 1. The average molecular weight is 449 g/mol. The number of fused-ring (bicyclic) bond motifs is 1. The van der Waals surface area contributed by atoms with Gasteiger partial charge in [0, 0.05) is 32.5 Å². The van der Waals surface area contributed by atoms with Crippen LogP contribution in [0.25, 0.3) is 0 Å². The summed E-state index contributed by atoms with van der Waals surface area (Å²) in [7, 11) is 4.70. The van der Waals surface area contributed by atoms with Crippen molar-refractivity contribution in [2.75, 3.05) is 34.9 Å². The van der Waals surface area contributed by atoms with Crippen molar-refractivity contribution in [1.29, 1.82) is 0 Å². The minimum absolute atomic E-state index is 0.0357. The van der Waals surface area contributed by atoms with E-state index >= 15 is 0 Å². The molecule has 32 heavy (non-hydrogen) atoms. The molecule has 0 aliphatic heterocycles. The molecule has 7 heteroatoms. The van der Waals surface area contributed by atoms with Crippen molar-refractivity contribution in [2.45, 2.75) is 63.6 Å². The number of ether oxygens (including phenoxy) is 5. The highest BCUT2D eigenvalue weighted by Crippen LogP contribution is 2.82. The highest BCUT2D eigenvalue weighted by molar-refractivity contribution is 5.91. The van der Waals surface area contributed by atoms with Gasteiger partial charge in [-0.2, -0.15) is 0 Å². The predicted molar refractivity (Wildman–Crippen MR) is 114 cm³/mol. The van der Waals surface area contributed by atoms with E-state index in [0.717, 1.165) is 24.8 Å². The van der Waals surface area contributed by atoms with Crippen molar-refractivity contribution < 1.29 is 33.3 Å². The zero-order valence-electron chi connectivity index (χ0n) is 19.7. The van der Waals surface area contributed by atoms with Gasteiger partial charge >= 0.3 is 5.97 Å². The number of rotatable bonds is 7. The molecule has 5 rings (SSSR count). The Labute approximate surface area is 190 Å². The molecule has 0 amide bonds. The molecule has 0 radical (unpaired) electrons. The molecule has 0 unspecified atom stereocenters. The van der Waals surface area contributed by atoms with Gasteiger partial charge in [0.2, 0.25) is 0 Å². The van der Waals surface area contributed by atoms with Crippen molar-refractivity contribution >= 4 is 11.8 Å². The van der Waals surface area contributed by atoms with Crippen LogP contribution in [0.2, 0.25) is 0 Å². The molecule has 8 atom stereocenters. The average Bonchev–Trinajstić information content (AvgIpc) is 3.19. The van der Waals surface area contributed by atoms with Gasteiger partial charge in [-0.3, -0.25) is 9.59 Å². The summed E-state index contributed by atoms with van der Waals surface area (Å²) >= 11 is 0. The zero-order valence-corrected chi connectivity index (χ0v) is 19.7. The van der Waals surface area contributed by atoms with E-state index in [-0.39, 0.29) is 48.8 Å². The number of carbonyl (C=O) groups is 2. The van der Waals surface area contributed by atoms with Crippen LogP contribution in [0.4, 0.5) is 0 Å². The molecule has 5 saturated carbocycles. The lowest BCUT2D eigenvalue weighted by molar-refractivity contribution is -0.203. The van der Waals surface area contributed by atoms with E-state index in [2.05, 4.69) is 13.5 Å². The molecule has 4 bridgehead atoms. The number of hydrogen-bond acceptors (Lipinski definition) is 7. The Hall–Kier alpha value is -1.28. The quantitative estimate of drug-likeness (QED) is 0.336. The van der Waals surface area contributed by atoms with E-state index in [1.54, 1.807) is 14.2 Å². The van der Waals surface area contributed by atoms with E-state index < -0.39 is 16.4 Å². The van der Waals surface area contributed by atoms with E-state index in [9.17, 15) is 9.59 Å². The highest BCUT2D eigenvalue weighted by Gasteiger charge is 2.83. The van der Waals surface area contributed by atoms with Crippen LogP contribution in [-0.4, -0.2) is 58.4 Å². The lowest BCUT2D eigenvalue weighted by atomic mass is 9.56. The Morgan fingerprint density at radius 3 is 2.50 bits per heavy atom. The summed E-state index contributed by atoms with van der Waals surface area (Å²) in [5, 5.41) is 0. The Balaban J connectivity index is 1.70. The lowest BCUT2D eigenvalue weighted by Gasteiger charge is -2.51. The highest BCUT2D eigenvalue weighted by atomic mass is 16.7. The third-order valence-electron chi connectivity index (χ3n) is 9.97. The van der Waals surface area contributed by atoms with Gasteiger partial charge < -0.3 is 23.7 Å². The van der Waals surface area contributed by atoms with Crippen molar-refractivity contribution in [2.24, 2.45) is 34.0 Å². The molecule has 5 fully saturated rings. The first-order valence-electron chi connectivity index (χ1n) is 11.8. The number of methoxy groups -OCH3 is 3. The molecule has 0 aromatic heterocycles. The number of esters is 1. The molecule has 5 aliphatic rings. The van der Waals surface area contributed by atoms with Crippen molar-refractivity contribution in [1.82, 2.24) is 0 Å². The Bertz CT molecular complexity index is 840. The molecular formula is C25H36O7. The van der Waals surface area contributed by atoms with Gasteiger partial charge in [0.15, 0.2) is 0 Å². The lowest BCUT2D eigenvalue weighted by Crippen LogP contribution is -2.53. The minimum atomic E-state index is -0.606. The second-order valence-electron chi connectivity index (χ2n) is 11.1. The number of hydrogen-bond donors (Lipinski definition) is 0. The first-order chi connectivity index (χ1) is 15.2. The van der Waals surface area contributed by atoms with E-state index in [1.807, 2.05) is 0 Å². The van der Waals surface area contributed by atoms with Gasteiger partial charge in [-0.25, -0.2) is 0 Å². The summed E-state index contributed by atoms with van der Waals surface area (Å²) in [6.07, 6.45) is 5.15. The van der Waals surface area contributed by atoms with Crippen molar-refractivity contribution in [3.8, 4) is 0 Å². The maximum Gasteiger partial charge on any atom is 0.309 e. The van der Waals surface area contributed by atoms with Crippen LogP contribution in [0.15, 0.2) is 12.2 Å². The van der Waals surface area contributed by atoms with E-state index in [1.165, 1.54) is 7.11 Å².